The van der Waals surface area contributed by atoms with Crippen LogP contribution >= 0.6 is 23.1 Å². The highest BCUT2D eigenvalue weighted by Gasteiger charge is 2.70. The second kappa shape index (κ2) is 6.71. The van der Waals surface area contributed by atoms with Gasteiger partial charge in [0.25, 0.3) is 0 Å². The van der Waals surface area contributed by atoms with Gasteiger partial charge in [-0.25, -0.2) is 4.79 Å². The Hall–Kier alpha value is -2.59. The van der Waals surface area contributed by atoms with Crippen molar-refractivity contribution in [2.24, 2.45) is 29.6 Å². The summed E-state index contributed by atoms with van der Waals surface area (Å²) >= 11 is 2.69. The minimum atomic E-state index is -1.20. The summed E-state index contributed by atoms with van der Waals surface area (Å²) in [5.41, 5.74) is 0.718. The van der Waals surface area contributed by atoms with Gasteiger partial charge < -0.3 is 15.2 Å². The fourth-order valence-electron chi connectivity index (χ4n) is 6.63. The molecule has 10 heteroatoms. The largest absolute Gasteiger partial charge is 0.508 e. The van der Waals surface area contributed by atoms with Gasteiger partial charge in [-0.1, -0.05) is 29.5 Å². The van der Waals surface area contributed by atoms with E-state index in [1.165, 1.54) is 6.92 Å². The van der Waals surface area contributed by atoms with Crippen molar-refractivity contribution in [2.45, 2.75) is 35.6 Å². The average Bonchev–Trinajstić information content (AvgIpc) is 3.47. The van der Waals surface area contributed by atoms with Gasteiger partial charge in [-0.15, -0.1) is 11.8 Å². The van der Waals surface area contributed by atoms with Crippen LogP contribution in [-0.4, -0.2) is 49.2 Å². The SMILES string of the molecule is CC(C(=O)O)N1C(=O)C2C3CC(C2C1=O)C1C3Sc2[nH]c(=O)sc2[C@@H]1c1ccccc1O. The highest BCUT2D eigenvalue weighted by Crippen LogP contribution is 2.69. The number of rotatable bonds is 3. The number of aromatic amines is 1. The van der Waals surface area contributed by atoms with Crippen LogP contribution in [0.15, 0.2) is 34.1 Å². The zero-order valence-corrected chi connectivity index (χ0v) is 18.6. The van der Waals surface area contributed by atoms with Crippen LogP contribution in [0.5, 0.6) is 5.75 Å². The molecule has 8 nitrogen and oxygen atoms in total. The number of para-hydroxylation sites is 1. The summed E-state index contributed by atoms with van der Waals surface area (Å²) in [4.78, 5) is 54.8. The predicted molar refractivity (Wildman–Crippen MR) is 116 cm³/mol. The van der Waals surface area contributed by atoms with Gasteiger partial charge >= 0.3 is 10.8 Å². The third kappa shape index (κ3) is 2.45. The number of thiazole rings is 1. The Morgan fingerprint density at radius 1 is 1.16 bits per heavy atom. The molecule has 2 aromatic rings. The lowest BCUT2D eigenvalue weighted by Gasteiger charge is -2.43. The normalized spacial score (nSPS) is 35.5. The molecular formula is C22H20N2O6S2. The Morgan fingerprint density at radius 3 is 2.53 bits per heavy atom. The monoisotopic (exact) mass is 472 g/mol. The Bertz CT molecular complexity index is 1240. The molecule has 0 radical (unpaired) electrons. The molecule has 1 aromatic carbocycles. The van der Waals surface area contributed by atoms with Gasteiger partial charge in [-0.2, -0.15) is 0 Å². The van der Waals surface area contributed by atoms with Gasteiger partial charge in [0.1, 0.15) is 11.8 Å². The van der Waals surface area contributed by atoms with Gasteiger partial charge in [0.05, 0.1) is 16.9 Å². The second-order valence-electron chi connectivity index (χ2n) is 9.08. The Morgan fingerprint density at radius 2 is 1.84 bits per heavy atom. The summed E-state index contributed by atoms with van der Waals surface area (Å²) in [5, 5.41) is 20.9. The number of carbonyl (C=O) groups is 3. The molecule has 2 saturated carbocycles. The quantitative estimate of drug-likeness (QED) is 0.584. The van der Waals surface area contributed by atoms with Crippen molar-refractivity contribution in [1.82, 2.24) is 9.88 Å². The number of benzene rings is 1. The van der Waals surface area contributed by atoms with Crippen molar-refractivity contribution in [3.8, 4) is 5.75 Å². The lowest BCUT2D eigenvalue weighted by Crippen LogP contribution is -2.44. The molecule has 2 aliphatic carbocycles. The van der Waals surface area contributed by atoms with E-state index in [-0.39, 0.29) is 45.5 Å². The van der Waals surface area contributed by atoms with E-state index in [2.05, 4.69) is 4.98 Å². The first-order valence-corrected chi connectivity index (χ1v) is 12.3. The summed E-state index contributed by atoms with van der Waals surface area (Å²) in [5.74, 6) is -3.36. The van der Waals surface area contributed by atoms with E-state index >= 15 is 0 Å². The number of H-pyrrole nitrogens is 1. The lowest BCUT2D eigenvalue weighted by molar-refractivity contribution is -0.154. The summed E-state index contributed by atoms with van der Waals surface area (Å²) in [6.07, 6.45) is 0.716. The number of fused-ring (bicyclic) bond motifs is 9. The Kier molecular flexibility index (Phi) is 4.20. The van der Waals surface area contributed by atoms with E-state index in [1.807, 2.05) is 12.1 Å². The number of aromatic hydroxyl groups is 1. The van der Waals surface area contributed by atoms with E-state index in [9.17, 15) is 29.4 Å². The van der Waals surface area contributed by atoms with Crippen LogP contribution in [0.3, 0.4) is 0 Å². The van der Waals surface area contributed by atoms with E-state index < -0.39 is 29.8 Å². The van der Waals surface area contributed by atoms with Crippen molar-refractivity contribution in [2.75, 3.05) is 0 Å². The van der Waals surface area contributed by atoms with Crippen molar-refractivity contribution in [1.29, 1.82) is 0 Å². The third-order valence-electron chi connectivity index (χ3n) is 7.77. The number of phenols is 1. The molecule has 1 aromatic heterocycles. The summed E-state index contributed by atoms with van der Waals surface area (Å²) in [6.45, 7) is 1.37. The summed E-state index contributed by atoms with van der Waals surface area (Å²) < 4.78 is 0. The van der Waals surface area contributed by atoms with Gasteiger partial charge in [-0.05, 0) is 37.2 Å². The summed E-state index contributed by atoms with van der Waals surface area (Å²) in [7, 11) is 0. The van der Waals surface area contributed by atoms with Crippen LogP contribution in [-0.2, 0) is 14.4 Å². The minimum Gasteiger partial charge on any atom is -0.508 e. The number of imide groups is 1. The number of nitrogens with zero attached hydrogens (tertiary/aromatic N) is 1. The third-order valence-corrected chi connectivity index (χ3v) is 10.4. The van der Waals surface area contributed by atoms with Crippen molar-refractivity contribution in [3.63, 3.8) is 0 Å². The van der Waals surface area contributed by atoms with Crippen LogP contribution in [0.25, 0.3) is 0 Å². The van der Waals surface area contributed by atoms with Crippen LogP contribution in [0, 0.1) is 29.6 Å². The highest BCUT2D eigenvalue weighted by molar-refractivity contribution is 8.00. The highest BCUT2D eigenvalue weighted by atomic mass is 32.2. The molecule has 2 amide bonds. The van der Waals surface area contributed by atoms with Crippen LogP contribution < -0.4 is 4.87 Å². The number of amides is 2. The smallest absolute Gasteiger partial charge is 0.326 e. The lowest BCUT2D eigenvalue weighted by atomic mass is 9.68. The predicted octanol–water partition coefficient (Wildman–Crippen LogP) is 2.09. The zero-order valence-electron chi connectivity index (χ0n) is 16.9. The zero-order chi connectivity index (χ0) is 22.5. The Labute approximate surface area is 190 Å². The maximum Gasteiger partial charge on any atom is 0.326 e. The second-order valence-corrected chi connectivity index (χ2v) is 11.3. The number of hydrogen-bond acceptors (Lipinski definition) is 7. The summed E-state index contributed by atoms with van der Waals surface area (Å²) in [6, 6.07) is 5.87. The minimum absolute atomic E-state index is 0.000408. The molecule has 0 spiro atoms. The number of carboxylic acid groups (broad SMARTS) is 1. The fourth-order valence-corrected chi connectivity index (χ4v) is 9.51. The average molecular weight is 473 g/mol. The molecule has 4 aliphatic rings. The van der Waals surface area contributed by atoms with E-state index in [0.29, 0.717) is 6.42 Å². The number of likely N-dealkylation sites (tertiary alicyclic amines) is 1. The van der Waals surface area contributed by atoms with Crippen LogP contribution in [0.2, 0.25) is 0 Å². The molecule has 3 N–H and O–H groups in total. The van der Waals surface area contributed by atoms with Crippen molar-refractivity contribution >= 4 is 40.9 Å². The fraction of sp³-hybridized carbons (Fsp3) is 0.455. The first kappa shape index (κ1) is 20.0. The first-order valence-electron chi connectivity index (χ1n) is 10.6. The number of carbonyl (C=O) groups excluding carboxylic acids is 2. The van der Waals surface area contributed by atoms with E-state index in [1.54, 1.807) is 23.9 Å². The van der Waals surface area contributed by atoms with Gasteiger partial charge in [0.2, 0.25) is 11.8 Å². The molecule has 6 rings (SSSR count). The van der Waals surface area contributed by atoms with Crippen molar-refractivity contribution < 1.29 is 24.6 Å². The molecule has 8 atom stereocenters. The van der Waals surface area contributed by atoms with Crippen LogP contribution in [0.1, 0.15) is 29.7 Å². The van der Waals surface area contributed by atoms with Gasteiger partial charge in [-0.3, -0.25) is 19.3 Å². The standard InChI is InChI=1S/C22H20N2O6S2/c1-7(21(28)29)24-19(26)14-9-6-10(15(14)20(24)27)16-13(9)12(8-4-2-3-5-11(8)25)17-18(31-16)23-22(30)32-17/h2-5,7,9-10,12-16,25H,6H2,1H3,(H,23,30)(H,28,29)/t7?,9?,10?,12-,13?,14?,15?,16?/m1/s1. The topological polar surface area (TPSA) is 128 Å². The molecule has 3 fully saturated rings. The van der Waals surface area contributed by atoms with Crippen LogP contribution in [0.4, 0.5) is 0 Å². The van der Waals surface area contributed by atoms with E-state index in [4.69, 9.17) is 0 Å². The number of thioether (sulfide) groups is 1. The first-order chi connectivity index (χ1) is 15.3. The molecule has 1 saturated heterocycles. The van der Waals surface area contributed by atoms with E-state index in [0.717, 1.165) is 31.7 Å². The molecule has 2 aliphatic heterocycles. The molecular weight excluding hydrogens is 452 g/mol. The van der Waals surface area contributed by atoms with Gasteiger partial charge in [0, 0.05) is 21.6 Å². The maximum absolute atomic E-state index is 13.3. The molecule has 2 bridgehead atoms. The van der Waals surface area contributed by atoms with Crippen molar-refractivity contribution in [3.05, 3.63) is 44.4 Å². The maximum atomic E-state index is 13.3. The molecule has 166 valence electrons. The number of carboxylic acids is 1. The molecule has 32 heavy (non-hydrogen) atoms. The van der Waals surface area contributed by atoms with Gasteiger partial charge in [0.15, 0.2) is 0 Å². The number of aliphatic carboxylic acids is 1. The number of aromatic nitrogens is 1. The Balaban J connectivity index is 1.47. The number of hydrogen-bond donors (Lipinski definition) is 3. The number of nitrogens with one attached hydrogen (secondary N) is 1. The number of phenolic OH excluding ortho intramolecular Hbond substituents is 1. The molecule has 7 unspecified atom stereocenters. The molecule has 3 heterocycles.